The zero-order valence-corrected chi connectivity index (χ0v) is 42.1. The number of nitrogens with two attached hydrogens (primary N) is 1. The van der Waals surface area contributed by atoms with E-state index in [9.17, 15) is 107 Å². The molecule has 0 aromatic heterocycles. The molecule has 0 radical (unpaired) electrons. The maximum atomic E-state index is 13.0. The second-order valence-corrected chi connectivity index (χ2v) is 20.3. The molecule has 0 aliphatic carbocycles. The van der Waals surface area contributed by atoms with Crippen molar-refractivity contribution in [3.8, 4) is 0 Å². The van der Waals surface area contributed by atoms with Crippen molar-refractivity contribution < 1.29 is 171 Å². The molecular weight excluding hydrogens is 1160 g/mol. The van der Waals surface area contributed by atoms with Crippen LogP contribution in [-0.2, 0) is 125 Å². The lowest BCUT2D eigenvalue weighted by Crippen LogP contribution is -2.71. The van der Waals surface area contributed by atoms with Gasteiger partial charge in [-0.2, -0.15) is 33.7 Å². The standard InChI is InChI=1S/C32H52N4O37S4/c1-9(37)35-13-22(20(72-76(54,55)56)11(7-63-74(48,49)50)65-29(13)60-4-3-34-62-6-5-61-33)67-32-19(43)17(41)24(26(71-32)28(46)47)69-30-14(36-10(2)38)23(68-31-18(42)15(39)16(40)25(70-31)27(44)45)21(73-77(57,58)59)12(66-30)8-64-75(51,52)53/h3,11-26,29-32,39-43H,4-8,33H2,1-2H3,(H,35,37)(H,36,38)(H,44,45)(H,46,47)(H,48,49,50)(H,51,52,53)(H,54,55,56)(H,57,58,59)/b34-3-/t11-,12-,13-,14-,15+,16+,17-,18-,19-,20+,21+,22-,23-,24+,25+,26+,29-,30+,31-,32-/m1/s1. The molecule has 4 rings (SSSR count). The first-order valence-corrected chi connectivity index (χ1v) is 26.6. The first kappa shape index (κ1) is 65.7. The van der Waals surface area contributed by atoms with Crippen LogP contribution in [0.1, 0.15) is 13.8 Å². The molecule has 0 spiro atoms. The van der Waals surface area contributed by atoms with E-state index in [0.717, 1.165) is 20.1 Å². The van der Waals surface area contributed by atoms with Gasteiger partial charge in [-0.3, -0.25) is 27.8 Å². The average Bonchev–Trinajstić information content (AvgIpc) is 3.28. The fourth-order valence-electron chi connectivity index (χ4n) is 7.54. The molecule has 0 aromatic carbocycles. The van der Waals surface area contributed by atoms with Gasteiger partial charge in [0.1, 0.15) is 98.5 Å². The Bertz CT molecular complexity index is 2510. The van der Waals surface area contributed by atoms with Crippen molar-refractivity contribution in [2.75, 3.05) is 33.0 Å². The van der Waals surface area contributed by atoms with Gasteiger partial charge in [0.05, 0.1) is 26.0 Å². The molecular formula is C32H52N4O37S4. The number of nitrogens with zero attached hydrogens (tertiary/aromatic N) is 1. The Morgan fingerprint density at radius 2 is 0.974 bits per heavy atom. The van der Waals surface area contributed by atoms with E-state index < -0.39 is 208 Å². The minimum atomic E-state index is -5.86. The van der Waals surface area contributed by atoms with Crippen LogP contribution in [0.4, 0.5) is 0 Å². The number of nitrogens with one attached hydrogen (secondary N) is 2. The van der Waals surface area contributed by atoms with Gasteiger partial charge in [0.2, 0.25) is 11.8 Å². The van der Waals surface area contributed by atoms with Gasteiger partial charge < -0.3 is 93.9 Å². The first-order valence-electron chi connectivity index (χ1n) is 21.1. The Labute approximate surface area is 432 Å². The van der Waals surface area contributed by atoms with Gasteiger partial charge in [-0.05, 0) is 0 Å². The molecule has 0 saturated carbocycles. The Morgan fingerprint density at radius 1 is 0.545 bits per heavy atom. The zero-order valence-electron chi connectivity index (χ0n) is 38.9. The Balaban J connectivity index is 1.82. The highest BCUT2D eigenvalue weighted by Crippen LogP contribution is 2.37. The maximum Gasteiger partial charge on any atom is 0.397 e. The smallest absolute Gasteiger partial charge is 0.397 e. The summed E-state index contributed by atoms with van der Waals surface area (Å²) in [7, 11) is -22.7. The topological polar surface area (TPSA) is 619 Å². The van der Waals surface area contributed by atoms with Crippen molar-refractivity contribution >= 4 is 71.6 Å². The SMILES string of the molecule is CC(=O)N[C@H]1[C@H](O[C@H]2[C@H](O)[C@@H](O)[C@H](O[C@@H]3[C@@H](NC(C)=O)[C@H](OC/C=N\OCCON)O[C@H](COS(=O)(=O)O)[C@@H]3OS(=O)(=O)O)O[C@@H]2C(=O)O)O[C@H](COS(=O)(=O)O)[C@H](OS(=O)(=O)O)[C@@H]1O[C@@H]1O[C@H](C(=O)O)[C@@H](O)[C@H](O)[C@H]1O. The molecule has 41 nitrogen and oxygen atoms in total. The number of oxime groups is 1. The highest BCUT2D eigenvalue weighted by atomic mass is 32.3. The predicted molar refractivity (Wildman–Crippen MR) is 228 cm³/mol. The van der Waals surface area contributed by atoms with Crippen LogP contribution in [-0.4, -0.2) is 273 Å². The number of carboxylic acids is 2. The second-order valence-electron chi connectivity index (χ2n) is 16.0. The van der Waals surface area contributed by atoms with E-state index >= 15 is 0 Å². The Kier molecular flexibility index (Phi) is 23.6. The highest BCUT2D eigenvalue weighted by Gasteiger charge is 2.59. The highest BCUT2D eigenvalue weighted by molar-refractivity contribution is 7.81. The average molecular weight is 1210 g/mol. The summed E-state index contributed by atoms with van der Waals surface area (Å²) in [4.78, 5) is 59.4. The normalized spacial score (nSPS) is 36.5. The number of carbonyl (C=O) groups excluding carboxylic acids is 2. The molecule has 4 fully saturated rings. The zero-order chi connectivity index (χ0) is 58.1. The fraction of sp³-hybridized carbons (Fsp3) is 0.844. The van der Waals surface area contributed by atoms with Gasteiger partial charge in [0.25, 0.3) is 0 Å². The number of rotatable bonds is 27. The van der Waals surface area contributed by atoms with Crippen LogP contribution >= 0.6 is 0 Å². The number of hydrogen-bond acceptors (Lipinski definition) is 33. The number of aliphatic hydroxyl groups is 5. The van der Waals surface area contributed by atoms with Crippen molar-refractivity contribution in [1.82, 2.24) is 10.6 Å². The molecule has 4 aliphatic heterocycles. The number of aliphatic hydroxyl groups excluding tert-OH is 5. The van der Waals surface area contributed by atoms with Crippen LogP contribution < -0.4 is 16.5 Å². The van der Waals surface area contributed by atoms with Crippen LogP contribution in [0.15, 0.2) is 5.16 Å². The largest absolute Gasteiger partial charge is 0.479 e. The van der Waals surface area contributed by atoms with E-state index in [1.807, 2.05) is 5.32 Å². The van der Waals surface area contributed by atoms with Crippen molar-refractivity contribution in [3.05, 3.63) is 0 Å². The lowest BCUT2D eigenvalue weighted by molar-refractivity contribution is -0.367. The number of hydrogen-bond donors (Lipinski definition) is 14. The maximum absolute atomic E-state index is 13.0. The first-order chi connectivity index (χ1) is 35.5. The summed E-state index contributed by atoms with van der Waals surface area (Å²) in [6.45, 7) is -2.59. The van der Waals surface area contributed by atoms with Crippen LogP contribution in [0, 0.1) is 0 Å². The van der Waals surface area contributed by atoms with Crippen LogP contribution in [0.2, 0.25) is 0 Å². The molecule has 77 heavy (non-hydrogen) atoms. The van der Waals surface area contributed by atoms with Gasteiger partial charge in [-0.1, -0.05) is 5.16 Å². The number of aliphatic carboxylic acids is 2. The third-order valence-electron chi connectivity index (χ3n) is 10.5. The summed E-state index contributed by atoms with van der Waals surface area (Å²) in [5, 5.41) is 82.5. The van der Waals surface area contributed by atoms with E-state index in [0.29, 0.717) is 0 Å². The van der Waals surface area contributed by atoms with E-state index in [1.54, 1.807) is 0 Å². The van der Waals surface area contributed by atoms with E-state index in [1.165, 1.54) is 0 Å². The minimum absolute atomic E-state index is 0.149. The molecule has 2 amide bonds. The Morgan fingerprint density at radius 3 is 1.40 bits per heavy atom. The van der Waals surface area contributed by atoms with Gasteiger partial charge >= 0.3 is 53.5 Å². The van der Waals surface area contributed by atoms with E-state index in [4.69, 9.17) is 48.6 Å². The van der Waals surface area contributed by atoms with E-state index in [-0.39, 0.29) is 13.2 Å². The van der Waals surface area contributed by atoms with Crippen LogP contribution in [0.3, 0.4) is 0 Å². The molecule has 0 unspecified atom stereocenters. The summed E-state index contributed by atoms with van der Waals surface area (Å²) in [5.41, 5.74) is 0. The minimum Gasteiger partial charge on any atom is -0.479 e. The monoisotopic (exact) mass is 1210 g/mol. The third kappa shape index (κ3) is 19.5. The number of carbonyl (C=O) groups is 4. The quantitative estimate of drug-likeness (QED) is 0.0157. The van der Waals surface area contributed by atoms with Crippen molar-refractivity contribution in [1.29, 1.82) is 0 Å². The number of ether oxygens (including phenoxy) is 8. The predicted octanol–water partition coefficient (Wildman–Crippen LogP) is -10.1. The Hall–Kier alpha value is -3.77. The van der Waals surface area contributed by atoms with Gasteiger partial charge in [0.15, 0.2) is 37.4 Å². The molecule has 45 heteroatoms. The summed E-state index contributed by atoms with van der Waals surface area (Å²) in [6.07, 6.45) is -44.9. The summed E-state index contributed by atoms with van der Waals surface area (Å²) >= 11 is 0. The van der Waals surface area contributed by atoms with Crippen LogP contribution in [0.25, 0.3) is 0 Å². The lowest BCUT2D eigenvalue weighted by atomic mass is 9.94. The molecule has 4 aliphatic rings. The molecule has 20 atom stereocenters. The summed E-state index contributed by atoms with van der Waals surface area (Å²) in [5.74, 6) is -1.62. The summed E-state index contributed by atoms with van der Waals surface area (Å²) in [6, 6.07) is -4.41. The lowest BCUT2D eigenvalue weighted by Gasteiger charge is -2.50. The van der Waals surface area contributed by atoms with Gasteiger partial charge in [-0.15, -0.1) is 0 Å². The van der Waals surface area contributed by atoms with Crippen LogP contribution in [0.5, 0.6) is 0 Å². The fourth-order valence-corrected chi connectivity index (χ4v) is 9.18. The van der Waals surface area contributed by atoms with Gasteiger partial charge in [0, 0.05) is 13.8 Å². The summed E-state index contributed by atoms with van der Waals surface area (Å²) < 4.78 is 196. The molecule has 446 valence electrons. The molecule has 4 saturated heterocycles. The van der Waals surface area contributed by atoms with Crippen molar-refractivity contribution in [2.45, 2.75) is 137 Å². The van der Waals surface area contributed by atoms with E-state index in [2.05, 4.69) is 32.0 Å². The van der Waals surface area contributed by atoms with Crippen molar-refractivity contribution in [3.63, 3.8) is 0 Å². The second kappa shape index (κ2) is 27.6. The molecule has 0 bridgehead atoms. The molecule has 0 aromatic rings. The number of amides is 2. The third-order valence-corrected chi connectivity index (χ3v) is 12.3. The number of carboxylic acid groups (broad SMARTS) is 2. The molecule has 15 N–H and O–H groups in total. The van der Waals surface area contributed by atoms with Crippen molar-refractivity contribution in [2.24, 2.45) is 11.1 Å². The molecule has 4 heterocycles. The van der Waals surface area contributed by atoms with Gasteiger partial charge in [-0.25, -0.2) is 32.2 Å².